The lowest BCUT2D eigenvalue weighted by Gasteiger charge is -2.26. The number of carbonyl (C=O) groups is 2. The molecule has 2 heterocycles. The molecule has 7 nitrogen and oxygen atoms in total. The fourth-order valence-electron chi connectivity index (χ4n) is 2.03. The lowest BCUT2D eigenvalue weighted by atomic mass is 10.2. The van der Waals surface area contributed by atoms with Crippen molar-refractivity contribution in [1.29, 1.82) is 0 Å². The summed E-state index contributed by atoms with van der Waals surface area (Å²) in [5.41, 5.74) is 0.632. The zero-order valence-corrected chi connectivity index (χ0v) is 11.8. The number of urea groups is 1. The van der Waals surface area contributed by atoms with Crippen LogP contribution in [-0.4, -0.2) is 49.4 Å². The number of aliphatic carboxylic acids is 1. The lowest BCUT2D eigenvalue weighted by Crippen LogP contribution is -2.49. The highest BCUT2D eigenvalue weighted by Gasteiger charge is 2.40. The Morgan fingerprint density at radius 3 is 3.00 bits per heavy atom. The Morgan fingerprint density at radius 2 is 2.40 bits per heavy atom. The summed E-state index contributed by atoms with van der Waals surface area (Å²) in [4.78, 5) is 24.8. The van der Waals surface area contributed by atoms with E-state index in [0.29, 0.717) is 17.9 Å². The first-order valence-electron chi connectivity index (χ1n) is 6.30. The number of hydrogen-bond acceptors (Lipinski definition) is 5. The highest BCUT2D eigenvalue weighted by atomic mass is 32.2. The van der Waals surface area contributed by atoms with Gasteiger partial charge < -0.3 is 10.4 Å². The summed E-state index contributed by atoms with van der Waals surface area (Å²) in [5.74, 6) is -0.546. The Kier molecular flexibility index (Phi) is 4.78. The van der Waals surface area contributed by atoms with Crippen LogP contribution in [-0.2, 0) is 11.3 Å². The number of hydrogen-bond donors (Lipinski definition) is 2. The molecule has 1 saturated heterocycles. The van der Waals surface area contributed by atoms with E-state index in [1.807, 2.05) is 6.92 Å². The molecule has 2 unspecified atom stereocenters. The maximum absolute atomic E-state index is 12.2. The van der Waals surface area contributed by atoms with Gasteiger partial charge in [-0.3, -0.25) is 4.90 Å². The Balaban J connectivity index is 2.00. The molecule has 2 rings (SSSR count). The molecule has 2 amide bonds. The summed E-state index contributed by atoms with van der Waals surface area (Å²) < 4.78 is 0. The SMILES string of the molecule is CCC1SCC(C(=O)O)N1C(=O)NCc1cccnn1. The van der Waals surface area contributed by atoms with Crippen molar-refractivity contribution >= 4 is 23.8 Å². The van der Waals surface area contributed by atoms with Gasteiger partial charge in [0.05, 0.1) is 17.6 Å². The van der Waals surface area contributed by atoms with Crippen LogP contribution in [0.3, 0.4) is 0 Å². The third-order valence-corrected chi connectivity index (χ3v) is 4.46. The molecule has 0 radical (unpaired) electrons. The standard InChI is InChI=1S/C12H16N4O3S/c1-2-10-16(9(7-20-10)11(17)18)12(19)13-6-8-4-3-5-14-15-8/h3-5,9-10H,2,6-7H2,1H3,(H,13,19)(H,17,18). The Bertz CT molecular complexity index is 485. The number of carbonyl (C=O) groups excluding carboxylic acids is 1. The van der Waals surface area contributed by atoms with E-state index in [0.717, 1.165) is 0 Å². The number of carboxylic acid groups (broad SMARTS) is 1. The maximum Gasteiger partial charge on any atom is 0.327 e. The second-order valence-corrected chi connectivity index (χ2v) is 5.54. The normalized spacial score (nSPS) is 21.8. The molecular weight excluding hydrogens is 280 g/mol. The van der Waals surface area contributed by atoms with Gasteiger partial charge in [0, 0.05) is 11.9 Å². The molecule has 1 fully saturated rings. The van der Waals surface area contributed by atoms with Crippen LogP contribution in [0.25, 0.3) is 0 Å². The minimum absolute atomic E-state index is 0.0991. The van der Waals surface area contributed by atoms with E-state index < -0.39 is 12.0 Å². The largest absolute Gasteiger partial charge is 0.480 e. The highest BCUT2D eigenvalue weighted by molar-refractivity contribution is 8.00. The molecule has 1 aliphatic rings. The molecular formula is C12H16N4O3S. The first kappa shape index (κ1) is 14.6. The van der Waals surface area contributed by atoms with Gasteiger partial charge >= 0.3 is 12.0 Å². The van der Waals surface area contributed by atoms with Crippen molar-refractivity contribution < 1.29 is 14.7 Å². The monoisotopic (exact) mass is 296 g/mol. The molecule has 2 N–H and O–H groups in total. The van der Waals surface area contributed by atoms with Crippen LogP contribution in [0.5, 0.6) is 0 Å². The number of nitrogens with one attached hydrogen (secondary N) is 1. The summed E-state index contributed by atoms with van der Waals surface area (Å²) >= 11 is 1.49. The van der Waals surface area contributed by atoms with Crippen molar-refractivity contribution in [1.82, 2.24) is 20.4 Å². The number of rotatable bonds is 4. The summed E-state index contributed by atoms with van der Waals surface area (Å²) in [5, 5.41) is 19.4. The van der Waals surface area contributed by atoms with E-state index in [2.05, 4.69) is 15.5 Å². The van der Waals surface area contributed by atoms with Gasteiger partial charge in [0.2, 0.25) is 0 Å². The van der Waals surface area contributed by atoms with Gasteiger partial charge in [0.25, 0.3) is 0 Å². The van der Waals surface area contributed by atoms with Crippen molar-refractivity contribution in [2.24, 2.45) is 0 Å². The van der Waals surface area contributed by atoms with Crippen LogP contribution in [0, 0.1) is 0 Å². The molecule has 0 aliphatic carbocycles. The van der Waals surface area contributed by atoms with E-state index in [9.17, 15) is 14.7 Å². The average molecular weight is 296 g/mol. The van der Waals surface area contributed by atoms with Gasteiger partial charge in [-0.15, -0.1) is 11.8 Å². The van der Waals surface area contributed by atoms with E-state index >= 15 is 0 Å². The molecule has 0 bridgehead atoms. The van der Waals surface area contributed by atoms with Crippen LogP contribution >= 0.6 is 11.8 Å². The molecule has 1 aromatic rings. The second-order valence-electron chi connectivity index (χ2n) is 4.33. The van der Waals surface area contributed by atoms with Gasteiger partial charge in [-0.25, -0.2) is 9.59 Å². The van der Waals surface area contributed by atoms with E-state index in [-0.39, 0.29) is 17.9 Å². The van der Waals surface area contributed by atoms with Crippen molar-refractivity contribution in [3.05, 3.63) is 24.0 Å². The molecule has 20 heavy (non-hydrogen) atoms. The maximum atomic E-state index is 12.2. The van der Waals surface area contributed by atoms with Crippen LogP contribution in [0.15, 0.2) is 18.3 Å². The van der Waals surface area contributed by atoms with Crippen LogP contribution in [0.4, 0.5) is 4.79 Å². The topological polar surface area (TPSA) is 95.4 Å². The Labute approximate surface area is 120 Å². The van der Waals surface area contributed by atoms with Crippen LogP contribution < -0.4 is 5.32 Å². The van der Waals surface area contributed by atoms with E-state index in [1.165, 1.54) is 16.7 Å². The molecule has 108 valence electrons. The van der Waals surface area contributed by atoms with Gasteiger partial charge in [-0.1, -0.05) is 6.92 Å². The lowest BCUT2D eigenvalue weighted by molar-refractivity contribution is -0.141. The molecule has 0 spiro atoms. The fourth-order valence-corrected chi connectivity index (χ4v) is 3.37. The van der Waals surface area contributed by atoms with E-state index in [1.54, 1.807) is 18.3 Å². The number of nitrogens with zero attached hydrogens (tertiary/aromatic N) is 3. The molecule has 2 atom stereocenters. The molecule has 1 aliphatic heterocycles. The molecule has 0 saturated carbocycles. The molecule has 8 heteroatoms. The first-order chi connectivity index (χ1) is 9.63. The fraction of sp³-hybridized carbons (Fsp3) is 0.500. The summed E-state index contributed by atoms with van der Waals surface area (Å²) in [7, 11) is 0. The van der Waals surface area contributed by atoms with Crippen LogP contribution in [0.2, 0.25) is 0 Å². The van der Waals surface area contributed by atoms with Gasteiger partial charge in [-0.05, 0) is 18.6 Å². The smallest absolute Gasteiger partial charge is 0.327 e. The summed E-state index contributed by atoms with van der Waals surface area (Å²) in [6.07, 6.45) is 2.27. The van der Waals surface area contributed by atoms with Crippen molar-refractivity contribution in [2.75, 3.05) is 5.75 Å². The summed E-state index contributed by atoms with van der Waals surface area (Å²) in [6.45, 7) is 2.17. The van der Waals surface area contributed by atoms with Gasteiger partial charge in [0.1, 0.15) is 6.04 Å². The minimum atomic E-state index is -0.969. The minimum Gasteiger partial charge on any atom is -0.480 e. The Hall–Kier alpha value is -1.83. The summed E-state index contributed by atoms with van der Waals surface area (Å²) in [6, 6.07) is 2.33. The van der Waals surface area contributed by atoms with Gasteiger partial charge in [-0.2, -0.15) is 10.2 Å². The molecule has 0 aromatic carbocycles. The predicted molar refractivity (Wildman–Crippen MR) is 74.1 cm³/mol. The van der Waals surface area contributed by atoms with Crippen molar-refractivity contribution in [3.8, 4) is 0 Å². The molecule has 1 aromatic heterocycles. The third kappa shape index (κ3) is 3.19. The predicted octanol–water partition coefficient (Wildman–Crippen LogP) is 0.924. The van der Waals surface area contributed by atoms with Crippen LogP contribution in [0.1, 0.15) is 19.0 Å². The van der Waals surface area contributed by atoms with Crippen molar-refractivity contribution in [3.63, 3.8) is 0 Å². The second kappa shape index (κ2) is 6.56. The first-order valence-corrected chi connectivity index (χ1v) is 7.35. The number of thioether (sulfide) groups is 1. The Morgan fingerprint density at radius 1 is 1.60 bits per heavy atom. The number of carboxylic acids is 1. The van der Waals surface area contributed by atoms with Gasteiger partial charge in [0.15, 0.2) is 0 Å². The number of aromatic nitrogens is 2. The number of amides is 2. The highest BCUT2D eigenvalue weighted by Crippen LogP contribution is 2.31. The zero-order valence-electron chi connectivity index (χ0n) is 11.0. The zero-order chi connectivity index (χ0) is 14.5. The van der Waals surface area contributed by atoms with E-state index in [4.69, 9.17) is 0 Å². The third-order valence-electron chi connectivity index (χ3n) is 3.01. The quantitative estimate of drug-likeness (QED) is 0.858. The van der Waals surface area contributed by atoms with Crippen molar-refractivity contribution in [2.45, 2.75) is 31.3 Å². The average Bonchev–Trinajstić information content (AvgIpc) is 2.90.